The van der Waals surface area contributed by atoms with Gasteiger partial charge in [0.15, 0.2) is 5.78 Å². The summed E-state index contributed by atoms with van der Waals surface area (Å²) in [4.78, 5) is 12.0. The average Bonchev–Trinajstić information content (AvgIpc) is 2.44. The minimum atomic E-state index is -0.237. The first-order chi connectivity index (χ1) is 9.97. The zero-order chi connectivity index (χ0) is 15.3. The number of nitrogens with one attached hydrogen (secondary N) is 1. The summed E-state index contributed by atoms with van der Waals surface area (Å²) in [6.45, 7) is 5.81. The van der Waals surface area contributed by atoms with Gasteiger partial charge >= 0.3 is 0 Å². The maximum atomic E-state index is 12.0. The van der Waals surface area contributed by atoms with E-state index in [0.717, 1.165) is 29.5 Å². The summed E-state index contributed by atoms with van der Waals surface area (Å²) in [5.74, 6) is 0.140. The summed E-state index contributed by atoms with van der Waals surface area (Å²) in [5, 5.41) is 3.35. The van der Waals surface area contributed by atoms with Crippen LogP contribution in [0, 0.1) is 0 Å². The highest BCUT2D eigenvalue weighted by molar-refractivity contribution is 9.10. The second-order valence-electron chi connectivity index (χ2n) is 5.86. The molecule has 0 aliphatic carbocycles. The lowest BCUT2D eigenvalue weighted by atomic mass is 9.96. The van der Waals surface area contributed by atoms with Gasteiger partial charge in [-0.2, -0.15) is 0 Å². The molecular formula is C17H23BrClNO2. The first kappa shape index (κ1) is 19.4. The summed E-state index contributed by atoms with van der Waals surface area (Å²) in [7, 11) is 0. The summed E-state index contributed by atoms with van der Waals surface area (Å²) in [6, 6.07) is 7.89. The molecule has 5 heteroatoms. The van der Waals surface area contributed by atoms with Crippen molar-refractivity contribution in [2.75, 3.05) is 13.1 Å². The van der Waals surface area contributed by atoms with Crippen molar-refractivity contribution in [3.05, 3.63) is 40.4 Å². The molecule has 0 aromatic heterocycles. The lowest BCUT2D eigenvalue weighted by molar-refractivity contribution is -0.121. The first-order valence-corrected chi connectivity index (χ1v) is 8.11. The molecule has 2 unspecified atom stereocenters. The fourth-order valence-corrected chi connectivity index (χ4v) is 2.75. The minimum absolute atomic E-state index is 0. The van der Waals surface area contributed by atoms with E-state index in [0.29, 0.717) is 6.42 Å². The molecule has 1 heterocycles. The number of benzene rings is 1. The van der Waals surface area contributed by atoms with Crippen LogP contribution in [0.5, 0.6) is 0 Å². The minimum Gasteiger partial charge on any atom is -0.370 e. The molecule has 1 fully saturated rings. The van der Waals surface area contributed by atoms with Crippen molar-refractivity contribution >= 4 is 40.2 Å². The molecule has 1 saturated heterocycles. The smallest absolute Gasteiger partial charge is 0.155 e. The molecule has 0 bridgehead atoms. The number of allylic oxidation sites excluding steroid dienone is 1. The van der Waals surface area contributed by atoms with E-state index in [1.54, 1.807) is 6.08 Å². The van der Waals surface area contributed by atoms with Crippen LogP contribution in [0.3, 0.4) is 0 Å². The van der Waals surface area contributed by atoms with Crippen molar-refractivity contribution in [1.29, 1.82) is 0 Å². The van der Waals surface area contributed by atoms with Crippen LogP contribution >= 0.6 is 28.3 Å². The Labute approximate surface area is 147 Å². The molecular weight excluding hydrogens is 366 g/mol. The summed E-state index contributed by atoms with van der Waals surface area (Å²) in [6.07, 6.45) is 4.98. The lowest BCUT2D eigenvalue weighted by Gasteiger charge is -2.38. The van der Waals surface area contributed by atoms with E-state index in [2.05, 4.69) is 35.1 Å². The van der Waals surface area contributed by atoms with Crippen molar-refractivity contribution in [2.45, 2.75) is 38.4 Å². The van der Waals surface area contributed by atoms with Gasteiger partial charge in [0.1, 0.15) is 0 Å². The number of hydrogen-bond acceptors (Lipinski definition) is 3. The van der Waals surface area contributed by atoms with Gasteiger partial charge in [0.25, 0.3) is 0 Å². The average molecular weight is 389 g/mol. The quantitative estimate of drug-likeness (QED) is 0.775. The van der Waals surface area contributed by atoms with Crippen molar-refractivity contribution in [2.24, 2.45) is 0 Å². The van der Waals surface area contributed by atoms with Gasteiger partial charge in [0.2, 0.25) is 0 Å². The van der Waals surface area contributed by atoms with Crippen molar-refractivity contribution in [3.8, 4) is 0 Å². The molecule has 0 saturated carbocycles. The highest BCUT2D eigenvalue weighted by atomic mass is 79.9. The van der Waals surface area contributed by atoms with Crippen LogP contribution in [0.2, 0.25) is 0 Å². The predicted molar refractivity (Wildman–Crippen MR) is 96.5 cm³/mol. The van der Waals surface area contributed by atoms with Gasteiger partial charge in [-0.25, -0.2) is 0 Å². The van der Waals surface area contributed by atoms with E-state index in [1.165, 1.54) is 0 Å². The fraction of sp³-hybridized carbons (Fsp3) is 0.471. The second kappa shape index (κ2) is 8.82. The van der Waals surface area contributed by atoms with Gasteiger partial charge in [-0.3, -0.25) is 4.79 Å². The fourth-order valence-electron chi connectivity index (χ4n) is 2.49. The third-order valence-electron chi connectivity index (χ3n) is 3.65. The van der Waals surface area contributed by atoms with E-state index >= 15 is 0 Å². The zero-order valence-electron chi connectivity index (χ0n) is 13.0. The lowest BCUT2D eigenvalue weighted by Crippen LogP contribution is -2.51. The Hall–Kier alpha value is -0.680. The van der Waals surface area contributed by atoms with E-state index in [9.17, 15) is 4.79 Å². The highest BCUT2D eigenvalue weighted by Gasteiger charge is 2.30. The molecule has 0 radical (unpaired) electrons. The number of halogens is 2. The van der Waals surface area contributed by atoms with Crippen molar-refractivity contribution in [3.63, 3.8) is 0 Å². The predicted octanol–water partition coefficient (Wildman–Crippen LogP) is 4.00. The molecule has 2 atom stereocenters. The first-order valence-electron chi connectivity index (χ1n) is 7.32. The van der Waals surface area contributed by atoms with Gasteiger partial charge in [0.05, 0.1) is 11.7 Å². The van der Waals surface area contributed by atoms with Crippen LogP contribution < -0.4 is 5.32 Å². The molecule has 122 valence electrons. The van der Waals surface area contributed by atoms with E-state index in [4.69, 9.17) is 4.74 Å². The summed E-state index contributed by atoms with van der Waals surface area (Å²) < 4.78 is 6.99. The molecule has 3 nitrogen and oxygen atoms in total. The topological polar surface area (TPSA) is 38.3 Å². The van der Waals surface area contributed by atoms with E-state index < -0.39 is 0 Å². The van der Waals surface area contributed by atoms with Crippen LogP contribution in [-0.2, 0) is 9.53 Å². The Morgan fingerprint density at radius 2 is 2.14 bits per heavy atom. The van der Waals surface area contributed by atoms with Crippen LogP contribution in [0.25, 0.3) is 6.08 Å². The Morgan fingerprint density at radius 1 is 1.45 bits per heavy atom. The molecule has 1 N–H and O–H groups in total. The van der Waals surface area contributed by atoms with Gasteiger partial charge in [-0.05, 0) is 44.0 Å². The number of rotatable bonds is 5. The highest BCUT2D eigenvalue weighted by Crippen LogP contribution is 2.22. The van der Waals surface area contributed by atoms with Gasteiger partial charge in [0, 0.05) is 24.0 Å². The number of morpholine rings is 1. The van der Waals surface area contributed by atoms with Crippen molar-refractivity contribution < 1.29 is 9.53 Å². The van der Waals surface area contributed by atoms with Gasteiger partial charge in [-0.15, -0.1) is 12.4 Å². The van der Waals surface area contributed by atoms with Crippen LogP contribution in [0.1, 0.15) is 32.3 Å². The summed E-state index contributed by atoms with van der Waals surface area (Å²) >= 11 is 3.39. The van der Waals surface area contributed by atoms with Gasteiger partial charge < -0.3 is 10.1 Å². The Morgan fingerprint density at radius 3 is 2.77 bits per heavy atom. The Kier molecular flexibility index (Phi) is 7.77. The maximum absolute atomic E-state index is 12.0. The standard InChI is InChI=1S/C17H22BrNO2.ClH/c1-13-11-19-12-17(2,21-13)10-9-16(20)8-5-14-3-6-15(18)7-4-14;/h3-8,13,19H,9-12H2,1-2H3;1H/b8-5+;. The Bertz CT molecular complexity index is 518. The SMILES string of the molecule is CC1CNCC(C)(CCC(=O)/C=C/c2ccc(Br)cc2)O1.Cl. The normalized spacial score (nSPS) is 25.0. The number of carbonyl (C=O) groups is 1. The number of carbonyl (C=O) groups excluding carboxylic acids is 1. The maximum Gasteiger partial charge on any atom is 0.155 e. The summed E-state index contributed by atoms with van der Waals surface area (Å²) in [5.41, 5.74) is 0.792. The second-order valence-corrected chi connectivity index (χ2v) is 6.78. The Balaban J connectivity index is 0.00000242. The molecule has 1 aliphatic heterocycles. The monoisotopic (exact) mass is 387 g/mol. The zero-order valence-corrected chi connectivity index (χ0v) is 15.4. The number of ketones is 1. The third kappa shape index (κ3) is 6.21. The molecule has 22 heavy (non-hydrogen) atoms. The molecule has 1 aromatic rings. The third-order valence-corrected chi connectivity index (χ3v) is 4.18. The number of hydrogen-bond donors (Lipinski definition) is 1. The van der Waals surface area contributed by atoms with Crippen molar-refractivity contribution in [1.82, 2.24) is 5.32 Å². The molecule has 0 amide bonds. The van der Waals surface area contributed by atoms with Crippen LogP contribution in [-0.4, -0.2) is 30.6 Å². The van der Waals surface area contributed by atoms with Crippen LogP contribution in [0.15, 0.2) is 34.8 Å². The largest absolute Gasteiger partial charge is 0.370 e. The van der Waals surface area contributed by atoms with Crippen LogP contribution in [0.4, 0.5) is 0 Å². The molecule has 2 rings (SSSR count). The molecule has 1 aliphatic rings. The molecule has 1 aromatic carbocycles. The van der Waals surface area contributed by atoms with E-state index in [1.807, 2.05) is 30.3 Å². The van der Waals surface area contributed by atoms with Gasteiger partial charge in [-0.1, -0.05) is 34.1 Å². The number of ether oxygens (including phenoxy) is 1. The van der Waals surface area contributed by atoms with E-state index in [-0.39, 0.29) is 29.9 Å². The molecule has 0 spiro atoms.